The minimum atomic E-state index is -0.314. The van der Waals surface area contributed by atoms with Crippen LogP contribution in [0.1, 0.15) is 32.1 Å². The van der Waals surface area contributed by atoms with Gasteiger partial charge in [-0.05, 0) is 25.0 Å². The summed E-state index contributed by atoms with van der Waals surface area (Å²) in [5.74, 6) is 0.791. The van der Waals surface area contributed by atoms with Gasteiger partial charge >= 0.3 is 6.09 Å². The summed E-state index contributed by atoms with van der Waals surface area (Å²) in [7, 11) is 0. The Morgan fingerprint density at radius 3 is 2.04 bits per heavy atom. The zero-order chi connectivity index (χ0) is 18.2. The molecule has 0 saturated carbocycles. The standard InChI is InChI=1S/C20H29N3O3/c24-19(22-11-7-2-1-3-8-12-22)17-21-13-15-23(16-14-21)20(25)26-18-9-5-4-6-10-18/h4-6,9-10H,1-3,7-8,11-17H2. The Morgan fingerprint density at radius 1 is 0.769 bits per heavy atom. The van der Waals surface area contributed by atoms with Gasteiger partial charge < -0.3 is 14.5 Å². The van der Waals surface area contributed by atoms with Crippen LogP contribution in [0.3, 0.4) is 0 Å². The summed E-state index contributed by atoms with van der Waals surface area (Å²) in [5, 5.41) is 0. The lowest BCUT2D eigenvalue weighted by Crippen LogP contribution is -2.52. The first kappa shape index (κ1) is 18.7. The first-order valence-corrected chi connectivity index (χ1v) is 9.74. The third-order valence-corrected chi connectivity index (χ3v) is 5.15. The van der Waals surface area contributed by atoms with Crippen molar-refractivity contribution in [1.29, 1.82) is 0 Å². The molecule has 0 radical (unpaired) electrons. The number of carbonyl (C=O) groups is 2. The molecular formula is C20H29N3O3. The highest BCUT2D eigenvalue weighted by Crippen LogP contribution is 2.13. The van der Waals surface area contributed by atoms with E-state index < -0.39 is 0 Å². The highest BCUT2D eigenvalue weighted by molar-refractivity contribution is 5.78. The van der Waals surface area contributed by atoms with Crippen molar-refractivity contribution in [3.63, 3.8) is 0 Å². The van der Waals surface area contributed by atoms with Crippen molar-refractivity contribution in [2.75, 3.05) is 45.8 Å². The Hall–Kier alpha value is -2.08. The van der Waals surface area contributed by atoms with Crippen LogP contribution in [0.2, 0.25) is 0 Å². The van der Waals surface area contributed by atoms with Crippen LogP contribution in [0.25, 0.3) is 0 Å². The second-order valence-corrected chi connectivity index (χ2v) is 7.09. The van der Waals surface area contributed by atoms with Gasteiger partial charge in [0.1, 0.15) is 5.75 Å². The molecule has 142 valence electrons. The zero-order valence-corrected chi connectivity index (χ0v) is 15.4. The lowest BCUT2D eigenvalue weighted by Gasteiger charge is -2.35. The van der Waals surface area contributed by atoms with Gasteiger partial charge in [-0.2, -0.15) is 0 Å². The maximum atomic E-state index is 12.6. The van der Waals surface area contributed by atoms with Crippen molar-refractivity contribution in [3.05, 3.63) is 30.3 Å². The molecule has 2 aliphatic heterocycles. The van der Waals surface area contributed by atoms with E-state index in [1.807, 2.05) is 23.1 Å². The number of piperazine rings is 1. The van der Waals surface area contributed by atoms with E-state index in [1.165, 1.54) is 19.3 Å². The molecule has 0 atom stereocenters. The molecule has 0 unspecified atom stereocenters. The van der Waals surface area contributed by atoms with Crippen molar-refractivity contribution in [3.8, 4) is 5.75 Å². The summed E-state index contributed by atoms with van der Waals surface area (Å²) < 4.78 is 5.38. The lowest BCUT2D eigenvalue weighted by molar-refractivity contribution is -0.133. The molecule has 0 spiro atoms. The van der Waals surface area contributed by atoms with Crippen LogP contribution in [0.15, 0.2) is 30.3 Å². The highest BCUT2D eigenvalue weighted by Gasteiger charge is 2.25. The van der Waals surface area contributed by atoms with E-state index >= 15 is 0 Å². The van der Waals surface area contributed by atoms with Gasteiger partial charge in [0.15, 0.2) is 0 Å². The molecule has 1 aromatic carbocycles. The van der Waals surface area contributed by atoms with Crippen molar-refractivity contribution >= 4 is 12.0 Å². The Kier molecular flexibility index (Phi) is 6.89. The van der Waals surface area contributed by atoms with Crippen LogP contribution < -0.4 is 4.74 Å². The number of likely N-dealkylation sites (tertiary alicyclic amines) is 1. The van der Waals surface area contributed by atoms with Crippen LogP contribution >= 0.6 is 0 Å². The molecule has 0 bridgehead atoms. The van der Waals surface area contributed by atoms with Crippen molar-refractivity contribution in [2.24, 2.45) is 0 Å². The smallest absolute Gasteiger partial charge is 0.410 e. The third-order valence-electron chi connectivity index (χ3n) is 5.15. The molecule has 1 aromatic rings. The molecule has 0 aliphatic carbocycles. The average molecular weight is 359 g/mol. The molecule has 2 aliphatic rings. The maximum absolute atomic E-state index is 12.6. The predicted molar refractivity (Wildman–Crippen MR) is 100 cm³/mol. The number of hydrogen-bond donors (Lipinski definition) is 0. The largest absolute Gasteiger partial charge is 0.415 e. The van der Waals surface area contributed by atoms with Crippen molar-refractivity contribution in [2.45, 2.75) is 32.1 Å². The van der Waals surface area contributed by atoms with Crippen LogP contribution in [-0.2, 0) is 4.79 Å². The molecule has 0 aromatic heterocycles. The molecule has 0 N–H and O–H groups in total. The summed E-state index contributed by atoms with van der Waals surface area (Å²) in [6, 6.07) is 9.12. The molecular weight excluding hydrogens is 330 g/mol. The van der Waals surface area contributed by atoms with Gasteiger partial charge in [0.25, 0.3) is 0 Å². The SMILES string of the molecule is O=C(CN1CCN(C(=O)Oc2ccccc2)CC1)N1CCCCCCC1. The van der Waals surface area contributed by atoms with Gasteiger partial charge in [0.2, 0.25) is 5.91 Å². The average Bonchev–Trinajstić information content (AvgIpc) is 2.62. The maximum Gasteiger partial charge on any atom is 0.415 e. The number of hydrogen-bond acceptors (Lipinski definition) is 4. The second-order valence-electron chi connectivity index (χ2n) is 7.09. The number of para-hydroxylation sites is 1. The third kappa shape index (κ3) is 5.46. The molecule has 2 heterocycles. The summed E-state index contributed by atoms with van der Waals surface area (Å²) in [6.07, 6.45) is 5.67. The van der Waals surface area contributed by atoms with Crippen molar-refractivity contribution in [1.82, 2.24) is 14.7 Å². The molecule has 6 heteroatoms. The Morgan fingerprint density at radius 2 is 1.38 bits per heavy atom. The van der Waals surface area contributed by atoms with E-state index in [1.54, 1.807) is 17.0 Å². The molecule has 2 amide bonds. The fraction of sp³-hybridized carbons (Fsp3) is 0.600. The zero-order valence-electron chi connectivity index (χ0n) is 15.4. The Bertz CT molecular complexity index is 577. The van der Waals surface area contributed by atoms with Gasteiger partial charge in [0, 0.05) is 39.3 Å². The van der Waals surface area contributed by atoms with E-state index in [9.17, 15) is 9.59 Å². The summed E-state index contributed by atoms with van der Waals surface area (Å²) in [6.45, 7) is 4.86. The number of ether oxygens (including phenoxy) is 1. The van der Waals surface area contributed by atoms with Crippen molar-refractivity contribution < 1.29 is 14.3 Å². The minimum Gasteiger partial charge on any atom is -0.410 e. The normalized spacial score (nSPS) is 19.5. The van der Waals surface area contributed by atoms with E-state index in [4.69, 9.17) is 4.74 Å². The fourth-order valence-corrected chi connectivity index (χ4v) is 3.53. The van der Waals surface area contributed by atoms with E-state index in [-0.39, 0.29) is 12.0 Å². The van der Waals surface area contributed by atoms with Gasteiger partial charge in [-0.15, -0.1) is 0 Å². The number of rotatable bonds is 3. The van der Waals surface area contributed by atoms with E-state index in [2.05, 4.69) is 4.90 Å². The van der Waals surface area contributed by atoms with Crippen LogP contribution in [0.4, 0.5) is 4.79 Å². The Labute approximate surface area is 155 Å². The number of benzene rings is 1. The van der Waals surface area contributed by atoms with Crippen LogP contribution in [0, 0.1) is 0 Å². The van der Waals surface area contributed by atoms with Gasteiger partial charge in [-0.3, -0.25) is 9.69 Å². The molecule has 3 rings (SSSR count). The van der Waals surface area contributed by atoms with Crippen LogP contribution in [-0.4, -0.2) is 72.5 Å². The molecule has 2 saturated heterocycles. The summed E-state index contributed by atoms with van der Waals surface area (Å²) in [5.41, 5.74) is 0. The number of amides is 2. The summed E-state index contributed by atoms with van der Waals surface area (Å²) >= 11 is 0. The van der Waals surface area contributed by atoms with Crippen LogP contribution in [0.5, 0.6) is 5.75 Å². The Balaban J connectivity index is 1.41. The minimum absolute atomic E-state index is 0.229. The number of carbonyl (C=O) groups excluding carboxylic acids is 2. The van der Waals surface area contributed by atoms with Gasteiger partial charge in [-0.25, -0.2) is 4.79 Å². The number of nitrogens with zero attached hydrogens (tertiary/aromatic N) is 3. The molecule has 26 heavy (non-hydrogen) atoms. The summed E-state index contributed by atoms with van der Waals surface area (Å²) in [4.78, 5) is 30.7. The fourth-order valence-electron chi connectivity index (χ4n) is 3.53. The van der Waals surface area contributed by atoms with E-state index in [0.29, 0.717) is 38.5 Å². The predicted octanol–water partition coefficient (Wildman–Crippen LogP) is 2.60. The molecule has 6 nitrogen and oxygen atoms in total. The molecule has 2 fully saturated rings. The first-order valence-electron chi connectivity index (χ1n) is 9.74. The van der Waals surface area contributed by atoms with Gasteiger partial charge in [0.05, 0.1) is 6.54 Å². The monoisotopic (exact) mass is 359 g/mol. The first-order chi connectivity index (χ1) is 12.7. The van der Waals surface area contributed by atoms with Gasteiger partial charge in [-0.1, -0.05) is 37.5 Å². The highest BCUT2D eigenvalue weighted by atomic mass is 16.6. The topological polar surface area (TPSA) is 53.1 Å². The second kappa shape index (κ2) is 9.57. The lowest BCUT2D eigenvalue weighted by atomic mass is 10.1. The van der Waals surface area contributed by atoms with E-state index in [0.717, 1.165) is 25.9 Å². The quantitative estimate of drug-likeness (QED) is 0.832.